The molecule has 0 saturated heterocycles. The Morgan fingerprint density at radius 1 is 0.609 bits per heavy atom. The fraction of sp³-hybridized carbons (Fsp3) is 0. The number of H-pyrrole nitrogens is 1. The highest BCUT2D eigenvalue weighted by molar-refractivity contribution is 6.28. The van der Waals surface area contributed by atoms with Gasteiger partial charge in [-0.25, -0.2) is 4.98 Å². The highest BCUT2D eigenvalue weighted by Crippen LogP contribution is 2.38. The first kappa shape index (κ1) is 12.4. The minimum Gasteiger partial charge on any atom is -0.345 e. The predicted octanol–water partition coefficient (Wildman–Crippen LogP) is 5.54. The molecule has 1 heterocycles. The van der Waals surface area contributed by atoms with Gasteiger partial charge in [-0.3, -0.25) is 0 Å². The molecule has 0 aliphatic carbocycles. The van der Waals surface area contributed by atoms with Crippen molar-refractivity contribution < 1.29 is 0 Å². The van der Waals surface area contributed by atoms with Crippen LogP contribution in [0.2, 0.25) is 0 Å². The summed E-state index contributed by atoms with van der Waals surface area (Å²) in [5.41, 5.74) is 1.15. The Hall–Kier alpha value is -3.13. The number of hydrogen-bond donors (Lipinski definition) is 1. The van der Waals surface area contributed by atoms with E-state index in [1.807, 2.05) is 6.20 Å². The van der Waals surface area contributed by atoms with Gasteiger partial charge in [0.2, 0.25) is 0 Å². The average Bonchev–Trinajstić information content (AvgIpc) is 3.16. The summed E-state index contributed by atoms with van der Waals surface area (Å²) in [6.07, 6.45) is 3.68. The van der Waals surface area contributed by atoms with E-state index in [2.05, 4.69) is 76.7 Å². The van der Waals surface area contributed by atoms with Crippen molar-refractivity contribution in [3.05, 3.63) is 79.1 Å². The van der Waals surface area contributed by atoms with E-state index in [0.29, 0.717) is 0 Å². The van der Waals surface area contributed by atoms with E-state index in [4.69, 9.17) is 0 Å². The largest absolute Gasteiger partial charge is 0.345 e. The molecule has 0 atom stereocenters. The van der Waals surface area contributed by atoms with Crippen molar-refractivity contribution in [2.75, 3.05) is 0 Å². The van der Waals surface area contributed by atoms with Crippen LogP contribution >= 0.6 is 0 Å². The first-order chi connectivity index (χ1) is 11.4. The standard InChI is InChI=1S/C21H14N2/c1-2-7-16-14(6-1)15-8-3-4-9-17(15)20-18(16)10-5-11-19(20)21-22-12-13-23-21/h1-13H,(H,22,23). The summed E-state index contributed by atoms with van der Waals surface area (Å²) in [5, 5.41) is 7.68. The molecule has 4 aromatic carbocycles. The van der Waals surface area contributed by atoms with Crippen LogP contribution in [0.4, 0.5) is 0 Å². The normalized spacial score (nSPS) is 11.5. The number of aromatic amines is 1. The van der Waals surface area contributed by atoms with Crippen molar-refractivity contribution in [1.82, 2.24) is 9.97 Å². The summed E-state index contributed by atoms with van der Waals surface area (Å²) in [4.78, 5) is 7.72. The minimum atomic E-state index is 0.913. The van der Waals surface area contributed by atoms with Crippen molar-refractivity contribution >= 4 is 32.3 Å². The summed E-state index contributed by atoms with van der Waals surface area (Å²) >= 11 is 0. The Balaban J connectivity index is 2.12. The zero-order valence-corrected chi connectivity index (χ0v) is 12.5. The molecule has 0 saturated carbocycles. The van der Waals surface area contributed by atoms with Crippen molar-refractivity contribution in [3.8, 4) is 11.4 Å². The smallest absolute Gasteiger partial charge is 0.137 e. The van der Waals surface area contributed by atoms with Gasteiger partial charge in [0.15, 0.2) is 0 Å². The Morgan fingerprint density at radius 2 is 1.17 bits per heavy atom. The molecule has 23 heavy (non-hydrogen) atoms. The second kappa shape index (κ2) is 4.68. The lowest BCUT2D eigenvalue weighted by molar-refractivity contribution is 1.32. The van der Waals surface area contributed by atoms with E-state index in [9.17, 15) is 0 Å². The van der Waals surface area contributed by atoms with Crippen LogP contribution in [0.1, 0.15) is 0 Å². The Kier molecular flexibility index (Phi) is 2.53. The minimum absolute atomic E-state index is 0.913. The molecule has 0 spiro atoms. The number of hydrogen-bond acceptors (Lipinski definition) is 1. The summed E-state index contributed by atoms with van der Waals surface area (Å²) in [7, 11) is 0. The van der Waals surface area contributed by atoms with E-state index in [1.165, 1.54) is 32.3 Å². The van der Waals surface area contributed by atoms with Gasteiger partial charge >= 0.3 is 0 Å². The lowest BCUT2D eigenvalue weighted by atomic mass is 9.91. The van der Waals surface area contributed by atoms with Crippen LogP contribution in [-0.2, 0) is 0 Å². The van der Waals surface area contributed by atoms with Gasteiger partial charge in [-0.05, 0) is 26.9 Å². The van der Waals surface area contributed by atoms with Gasteiger partial charge in [-0.2, -0.15) is 0 Å². The van der Waals surface area contributed by atoms with Crippen molar-refractivity contribution in [2.24, 2.45) is 0 Å². The second-order valence-electron chi connectivity index (χ2n) is 5.76. The van der Waals surface area contributed by atoms with E-state index in [0.717, 1.165) is 11.4 Å². The van der Waals surface area contributed by atoms with Crippen molar-refractivity contribution in [2.45, 2.75) is 0 Å². The highest BCUT2D eigenvalue weighted by Gasteiger charge is 2.12. The molecule has 108 valence electrons. The average molecular weight is 294 g/mol. The first-order valence-corrected chi connectivity index (χ1v) is 7.75. The molecular formula is C21H14N2. The summed E-state index contributed by atoms with van der Waals surface area (Å²) < 4.78 is 0. The number of nitrogens with zero attached hydrogens (tertiary/aromatic N) is 1. The fourth-order valence-electron chi connectivity index (χ4n) is 3.57. The van der Waals surface area contributed by atoms with Gasteiger partial charge < -0.3 is 4.98 Å². The molecule has 0 aliphatic rings. The zero-order valence-electron chi connectivity index (χ0n) is 12.5. The Morgan fingerprint density at radius 3 is 1.78 bits per heavy atom. The SMILES string of the molecule is c1ccc2c(c1)c1ccccc1c1c(-c3ncc[nH]3)cccc21. The van der Waals surface area contributed by atoms with Gasteiger partial charge in [0, 0.05) is 23.3 Å². The molecule has 0 aliphatic heterocycles. The number of fused-ring (bicyclic) bond motifs is 6. The van der Waals surface area contributed by atoms with E-state index in [1.54, 1.807) is 6.20 Å². The van der Waals surface area contributed by atoms with Crippen LogP contribution in [0.25, 0.3) is 43.7 Å². The van der Waals surface area contributed by atoms with Gasteiger partial charge in [-0.15, -0.1) is 0 Å². The zero-order chi connectivity index (χ0) is 15.2. The third-order valence-corrected chi connectivity index (χ3v) is 4.52. The predicted molar refractivity (Wildman–Crippen MR) is 96.5 cm³/mol. The van der Waals surface area contributed by atoms with E-state index < -0.39 is 0 Å². The number of benzene rings is 4. The Bertz CT molecular complexity index is 1110. The van der Waals surface area contributed by atoms with Gasteiger partial charge in [0.05, 0.1) is 0 Å². The van der Waals surface area contributed by atoms with Gasteiger partial charge in [-0.1, -0.05) is 66.7 Å². The van der Waals surface area contributed by atoms with Gasteiger partial charge in [0.25, 0.3) is 0 Å². The van der Waals surface area contributed by atoms with Crippen molar-refractivity contribution in [1.29, 1.82) is 0 Å². The van der Waals surface area contributed by atoms with E-state index >= 15 is 0 Å². The highest BCUT2D eigenvalue weighted by atomic mass is 14.9. The number of nitrogens with one attached hydrogen (secondary N) is 1. The molecule has 0 amide bonds. The molecule has 2 nitrogen and oxygen atoms in total. The van der Waals surface area contributed by atoms with Crippen LogP contribution in [-0.4, -0.2) is 9.97 Å². The van der Waals surface area contributed by atoms with Crippen LogP contribution < -0.4 is 0 Å². The summed E-state index contributed by atoms with van der Waals surface area (Å²) in [6.45, 7) is 0. The third kappa shape index (κ3) is 1.72. The lowest BCUT2D eigenvalue weighted by Gasteiger charge is -2.12. The first-order valence-electron chi connectivity index (χ1n) is 7.75. The molecule has 1 aromatic heterocycles. The maximum absolute atomic E-state index is 4.47. The molecule has 1 N–H and O–H groups in total. The number of rotatable bonds is 1. The monoisotopic (exact) mass is 294 g/mol. The molecule has 0 bridgehead atoms. The molecular weight excluding hydrogens is 280 g/mol. The van der Waals surface area contributed by atoms with Crippen LogP contribution in [0, 0.1) is 0 Å². The fourth-order valence-corrected chi connectivity index (χ4v) is 3.57. The Labute approximate surface area is 133 Å². The second-order valence-corrected chi connectivity index (χ2v) is 5.76. The summed E-state index contributed by atoms with van der Waals surface area (Å²) in [5.74, 6) is 0.913. The van der Waals surface area contributed by atoms with Crippen LogP contribution in [0.15, 0.2) is 79.1 Å². The van der Waals surface area contributed by atoms with Crippen molar-refractivity contribution in [3.63, 3.8) is 0 Å². The van der Waals surface area contributed by atoms with Crippen LogP contribution in [0.3, 0.4) is 0 Å². The summed E-state index contributed by atoms with van der Waals surface area (Å²) in [6, 6.07) is 23.7. The third-order valence-electron chi connectivity index (χ3n) is 4.52. The lowest BCUT2D eigenvalue weighted by Crippen LogP contribution is -1.88. The molecule has 0 radical (unpaired) electrons. The number of aromatic nitrogens is 2. The molecule has 0 unspecified atom stereocenters. The van der Waals surface area contributed by atoms with Gasteiger partial charge in [0.1, 0.15) is 5.82 Å². The van der Waals surface area contributed by atoms with Crippen LogP contribution in [0.5, 0.6) is 0 Å². The molecule has 2 heteroatoms. The van der Waals surface area contributed by atoms with E-state index in [-0.39, 0.29) is 0 Å². The molecule has 5 rings (SSSR count). The topological polar surface area (TPSA) is 28.7 Å². The maximum atomic E-state index is 4.47. The number of imidazole rings is 1. The quantitative estimate of drug-likeness (QED) is 0.404. The maximum Gasteiger partial charge on any atom is 0.137 e. The molecule has 0 fully saturated rings. The molecule has 5 aromatic rings.